The standard InChI is InChI=1S/C30H36O2Si/c1-30(2,3)33(4,5)32-22-29(28-19-11-16-24-13-7-9-18-27(24)28)31-21-20-25-15-10-14-23-12-6-8-17-26(23)25/h6-19,29H,20-22H2,1-5H3/t29-/m0/s1. The van der Waals surface area contributed by atoms with Gasteiger partial charge in [0.1, 0.15) is 6.10 Å². The third kappa shape index (κ3) is 5.38. The topological polar surface area (TPSA) is 18.5 Å². The lowest BCUT2D eigenvalue weighted by Gasteiger charge is -2.37. The Bertz CT molecular complexity index is 1210. The summed E-state index contributed by atoms with van der Waals surface area (Å²) in [6, 6.07) is 30.2. The molecule has 0 fully saturated rings. The minimum Gasteiger partial charge on any atom is -0.414 e. The molecule has 0 amide bonds. The van der Waals surface area contributed by atoms with Crippen LogP contribution in [0.2, 0.25) is 18.1 Å². The first-order valence-electron chi connectivity index (χ1n) is 12.0. The van der Waals surface area contributed by atoms with Gasteiger partial charge in [0, 0.05) is 0 Å². The van der Waals surface area contributed by atoms with Gasteiger partial charge in [-0.1, -0.05) is 106 Å². The zero-order valence-corrected chi connectivity index (χ0v) is 21.6. The summed E-state index contributed by atoms with van der Waals surface area (Å²) in [5.41, 5.74) is 2.54. The van der Waals surface area contributed by atoms with Crippen molar-refractivity contribution in [3.8, 4) is 0 Å². The summed E-state index contributed by atoms with van der Waals surface area (Å²) in [6.07, 6.45) is 0.781. The number of hydrogen-bond donors (Lipinski definition) is 0. The molecule has 0 N–H and O–H groups in total. The molecular formula is C30H36O2Si. The fourth-order valence-electron chi connectivity index (χ4n) is 4.08. The smallest absolute Gasteiger partial charge is 0.192 e. The molecule has 0 aliphatic carbocycles. The van der Waals surface area contributed by atoms with Crippen molar-refractivity contribution in [2.45, 2.75) is 51.4 Å². The van der Waals surface area contributed by atoms with Crippen LogP contribution < -0.4 is 0 Å². The third-order valence-electron chi connectivity index (χ3n) is 7.14. The second-order valence-corrected chi connectivity index (χ2v) is 15.2. The van der Waals surface area contributed by atoms with Crippen LogP contribution in [-0.2, 0) is 15.6 Å². The van der Waals surface area contributed by atoms with E-state index in [4.69, 9.17) is 9.16 Å². The van der Waals surface area contributed by atoms with Crippen LogP contribution in [0.4, 0.5) is 0 Å². The number of fused-ring (bicyclic) bond motifs is 2. The van der Waals surface area contributed by atoms with E-state index >= 15 is 0 Å². The van der Waals surface area contributed by atoms with Crippen molar-refractivity contribution >= 4 is 29.9 Å². The molecule has 3 heteroatoms. The van der Waals surface area contributed by atoms with E-state index in [1.807, 2.05) is 0 Å². The zero-order valence-electron chi connectivity index (χ0n) is 20.6. The summed E-state index contributed by atoms with van der Waals surface area (Å²) >= 11 is 0. The maximum atomic E-state index is 6.65. The van der Waals surface area contributed by atoms with Gasteiger partial charge in [0.15, 0.2) is 8.32 Å². The first-order valence-corrected chi connectivity index (χ1v) is 14.9. The lowest BCUT2D eigenvalue weighted by molar-refractivity contribution is 0.0179. The highest BCUT2D eigenvalue weighted by molar-refractivity contribution is 6.74. The number of benzene rings is 4. The summed E-state index contributed by atoms with van der Waals surface area (Å²) in [5, 5.41) is 5.24. The Morgan fingerprint density at radius 2 is 1.30 bits per heavy atom. The van der Waals surface area contributed by atoms with Gasteiger partial charge in [-0.25, -0.2) is 0 Å². The van der Waals surface area contributed by atoms with Crippen LogP contribution in [0, 0.1) is 0 Å². The van der Waals surface area contributed by atoms with E-state index in [1.165, 1.54) is 32.7 Å². The maximum absolute atomic E-state index is 6.65. The zero-order chi connectivity index (χ0) is 23.5. The molecule has 4 aromatic carbocycles. The van der Waals surface area contributed by atoms with Gasteiger partial charge >= 0.3 is 0 Å². The normalized spacial score (nSPS) is 13.5. The van der Waals surface area contributed by atoms with Crippen molar-refractivity contribution in [2.24, 2.45) is 0 Å². The van der Waals surface area contributed by atoms with Crippen molar-refractivity contribution < 1.29 is 9.16 Å². The van der Waals surface area contributed by atoms with Gasteiger partial charge in [-0.3, -0.25) is 0 Å². The Balaban J connectivity index is 1.57. The van der Waals surface area contributed by atoms with E-state index in [0.29, 0.717) is 13.2 Å². The molecule has 0 aliphatic rings. The van der Waals surface area contributed by atoms with Crippen LogP contribution in [0.5, 0.6) is 0 Å². The molecule has 172 valence electrons. The van der Waals surface area contributed by atoms with Gasteiger partial charge in [0.05, 0.1) is 13.2 Å². The second kappa shape index (κ2) is 9.80. The van der Waals surface area contributed by atoms with E-state index in [-0.39, 0.29) is 11.1 Å². The molecule has 0 aromatic heterocycles. The minimum atomic E-state index is -1.89. The minimum absolute atomic E-state index is 0.0970. The summed E-state index contributed by atoms with van der Waals surface area (Å²) in [6.45, 7) is 12.7. The number of ether oxygens (including phenoxy) is 1. The van der Waals surface area contributed by atoms with Crippen molar-refractivity contribution in [1.29, 1.82) is 0 Å². The molecule has 0 radical (unpaired) electrons. The first kappa shape index (κ1) is 23.7. The van der Waals surface area contributed by atoms with Gasteiger partial charge in [0.2, 0.25) is 0 Å². The Hall–Kier alpha value is -2.46. The molecule has 4 aromatic rings. The van der Waals surface area contributed by atoms with Crippen LogP contribution in [0.15, 0.2) is 84.9 Å². The Morgan fingerprint density at radius 1 is 0.727 bits per heavy atom. The van der Waals surface area contributed by atoms with Gasteiger partial charge in [-0.2, -0.15) is 0 Å². The van der Waals surface area contributed by atoms with Crippen molar-refractivity contribution in [3.05, 3.63) is 96.1 Å². The predicted octanol–water partition coefficient (Wildman–Crippen LogP) is 8.32. The van der Waals surface area contributed by atoms with Crippen molar-refractivity contribution in [2.75, 3.05) is 13.2 Å². The summed E-state index contributed by atoms with van der Waals surface area (Å²) in [5.74, 6) is 0. The first-order chi connectivity index (χ1) is 15.8. The maximum Gasteiger partial charge on any atom is 0.192 e. The van der Waals surface area contributed by atoms with Crippen LogP contribution in [-0.4, -0.2) is 21.5 Å². The van der Waals surface area contributed by atoms with E-state index in [0.717, 1.165) is 6.42 Å². The number of rotatable bonds is 8. The van der Waals surface area contributed by atoms with E-state index in [1.54, 1.807) is 0 Å². The van der Waals surface area contributed by atoms with Gasteiger partial charge in [-0.15, -0.1) is 0 Å². The third-order valence-corrected chi connectivity index (χ3v) is 11.6. The molecule has 1 atom stereocenters. The highest BCUT2D eigenvalue weighted by Gasteiger charge is 2.37. The molecule has 0 aliphatic heterocycles. The summed E-state index contributed by atoms with van der Waals surface area (Å²) in [4.78, 5) is 0. The van der Waals surface area contributed by atoms with Gasteiger partial charge in [0.25, 0.3) is 0 Å². The fourth-order valence-corrected chi connectivity index (χ4v) is 5.08. The Labute approximate surface area is 199 Å². The fraction of sp³-hybridized carbons (Fsp3) is 0.333. The Kier molecular flexibility index (Phi) is 7.04. The lowest BCUT2D eigenvalue weighted by atomic mass is 10.0. The molecule has 0 saturated carbocycles. The average molecular weight is 457 g/mol. The molecule has 4 rings (SSSR count). The molecule has 0 spiro atoms. The predicted molar refractivity (Wildman–Crippen MR) is 143 cm³/mol. The Morgan fingerprint density at radius 3 is 2.00 bits per heavy atom. The second-order valence-electron chi connectivity index (χ2n) is 10.4. The highest BCUT2D eigenvalue weighted by Crippen LogP contribution is 2.38. The van der Waals surface area contributed by atoms with E-state index in [2.05, 4.69) is 119 Å². The highest BCUT2D eigenvalue weighted by atomic mass is 28.4. The monoisotopic (exact) mass is 456 g/mol. The number of hydrogen-bond acceptors (Lipinski definition) is 2. The van der Waals surface area contributed by atoms with E-state index in [9.17, 15) is 0 Å². The van der Waals surface area contributed by atoms with E-state index < -0.39 is 8.32 Å². The van der Waals surface area contributed by atoms with Crippen LogP contribution in [0.3, 0.4) is 0 Å². The SMILES string of the molecule is CC(C)(C)[Si](C)(C)OC[C@H](OCCc1cccc2ccccc12)c1cccc2ccccc12. The molecular weight excluding hydrogens is 420 g/mol. The van der Waals surface area contributed by atoms with Crippen molar-refractivity contribution in [1.82, 2.24) is 0 Å². The van der Waals surface area contributed by atoms with Crippen LogP contribution >= 0.6 is 0 Å². The molecule has 0 unspecified atom stereocenters. The van der Waals surface area contributed by atoms with Crippen molar-refractivity contribution in [3.63, 3.8) is 0 Å². The molecule has 0 heterocycles. The largest absolute Gasteiger partial charge is 0.414 e. The summed E-state index contributed by atoms with van der Waals surface area (Å²) in [7, 11) is -1.89. The van der Waals surface area contributed by atoms with Crippen LogP contribution in [0.25, 0.3) is 21.5 Å². The molecule has 0 bridgehead atoms. The average Bonchev–Trinajstić information content (AvgIpc) is 2.80. The quantitative estimate of drug-likeness (QED) is 0.248. The van der Waals surface area contributed by atoms with Gasteiger partial charge in [-0.05, 0) is 57.2 Å². The van der Waals surface area contributed by atoms with Crippen LogP contribution in [0.1, 0.15) is 38.0 Å². The summed E-state index contributed by atoms with van der Waals surface area (Å²) < 4.78 is 13.2. The molecule has 33 heavy (non-hydrogen) atoms. The molecule has 0 saturated heterocycles. The molecule has 2 nitrogen and oxygen atoms in total. The lowest BCUT2D eigenvalue weighted by Crippen LogP contribution is -2.42. The van der Waals surface area contributed by atoms with Gasteiger partial charge < -0.3 is 9.16 Å².